The number of rotatable bonds is 7. The number of aliphatic hydroxyl groups excluding tert-OH is 2. The minimum atomic E-state index is -1.13. The molecule has 330 valence electrons. The summed E-state index contributed by atoms with van der Waals surface area (Å²) in [6.07, 6.45) is 5.19. The van der Waals surface area contributed by atoms with Gasteiger partial charge in [-0.05, 0) is 106 Å². The minimum absolute atomic E-state index is 0.00325. The number of carbonyl (C=O) groups is 1. The van der Waals surface area contributed by atoms with Crippen LogP contribution >= 0.6 is 0 Å². The number of aliphatic hydroxyl groups is 3. The zero-order valence-corrected chi connectivity index (χ0v) is 35.6. The highest BCUT2D eigenvalue weighted by Crippen LogP contribution is 2.70. The van der Waals surface area contributed by atoms with Gasteiger partial charge in [-0.1, -0.05) is 62.4 Å². The first-order valence-corrected chi connectivity index (χ1v) is 22.7. The van der Waals surface area contributed by atoms with Crippen LogP contribution in [0.1, 0.15) is 109 Å². The van der Waals surface area contributed by atoms with Crippen LogP contribution in [0.3, 0.4) is 0 Å². The van der Waals surface area contributed by atoms with Crippen molar-refractivity contribution in [3.63, 3.8) is 0 Å². The van der Waals surface area contributed by atoms with Gasteiger partial charge in [-0.3, -0.25) is 0 Å². The summed E-state index contributed by atoms with van der Waals surface area (Å²) in [5.74, 6) is 0.165. The summed E-state index contributed by atoms with van der Waals surface area (Å²) in [4.78, 5) is 12.7. The first-order chi connectivity index (χ1) is 29.2. The Balaban J connectivity index is 0.763. The predicted molar refractivity (Wildman–Crippen MR) is 221 cm³/mol. The van der Waals surface area contributed by atoms with E-state index in [0.717, 1.165) is 37.7 Å². The molecule has 0 radical (unpaired) electrons. The maximum Gasteiger partial charge on any atom is 0.336 e. The van der Waals surface area contributed by atoms with Gasteiger partial charge in [-0.15, -0.1) is 0 Å². The Morgan fingerprint density at radius 3 is 2.33 bits per heavy atom. The second kappa shape index (κ2) is 15.8. The molecular weight excluding hydrogens is 781 g/mol. The van der Waals surface area contributed by atoms with Crippen LogP contribution in [-0.2, 0) is 38.0 Å². The number of benzene rings is 2. The lowest BCUT2D eigenvalue weighted by Gasteiger charge is -2.65. The number of hydrogen-bond acceptors (Lipinski definition) is 12. The van der Waals surface area contributed by atoms with Crippen molar-refractivity contribution >= 4 is 12.0 Å². The molecule has 8 aliphatic rings. The normalized spacial score (nSPS) is 47.5. The van der Waals surface area contributed by atoms with Gasteiger partial charge in [-0.25, -0.2) is 4.79 Å². The number of carbonyl (C=O) groups excluding carboxylic acids is 1. The highest BCUT2D eigenvalue weighted by atomic mass is 16.8. The molecule has 10 rings (SSSR count). The highest BCUT2D eigenvalue weighted by molar-refractivity contribution is 5.90. The number of ether oxygens (including phenoxy) is 7. The van der Waals surface area contributed by atoms with E-state index in [4.69, 9.17) is 33.2 Å². The molecular formula is C49H62O12. The summed E-state index contributed by atoms with van der Waals surface area (Å²) in [7, 11) is 0. The molecule has 5 unspecified atom stereocenters. The highest BCUT2D eigenvalue weighted by Gasteiger charge is 2.71. The van der Waals surface area contributed by atoms with Crippen LogP contribution in [0.25, 0.3) is 6.08 Å². The number of phenolic OH excluding ortho intramolecular Hbond substituents is 1. The van der Waals surface area contributed by atoms with Gasteiger partial charge in [0.1, 0.15) is 23.7 Å². The average molecular weight is 843 g/mol. The monoisotopic (exact) mass is 842 g/mol. The Bertz CT molecular complexity index is 2010. The number of para-hydroxylation sites is 1. The zero-order chi connectivity index (χ0) is 42.4. The van der Waals surface area contributed by atoms with Crippen LogP contribution in [0.2, 0.25) is 0 Å². The van der Waals surface area contributed by atoms with Crippen molar-refractivity contribution in [2.45, 2.75) is 165 Å². The molecule has 18 atom stereocenters. The van der Waals surface area contributed by atoms with Crippen LogP contribution in [-0.4, -0.2) is 93.4 Å². The third kappa shape index (κ3) is 7.04. The standard InChI is InChI=1S/C49H62O12/c1-26-44(60-43-25-39-45(27(2)56-43)61-46(59-39)28-10-6-5-7-11-28)37(51)24-42(55-26)57-31-16-18-47(3)30(21-31)14-15-34-35(47)23-40(52)48(4)33(17-19-49(34,48)54)32-22-41(53)58-38(32)20-29-12-8-9-13-36(29)50/h5-13,20,22,26-27,30-31,33-35,37,39-40,42-46,50-52,54H,14-19,21,23-25H2,1-4H3/t26?,27?,30-,31+,33-,34-,35+,37-,39-,40-,42+,43+,44?,45?,46?,47+,48+,49+/m1/s1. The Morgan fingerprint density at radius 2 is 1.54 bits per heavy atom. The van der Waals surface area contributed by atoms with Crippen molar-refractivity contribution in [1.29, 1.82) is 0 Å². The lowest BCUT2D eigenvalue weighted by molar-refractivity contribution is -0.313. The second-order valence-corrected chi connectivity index (χ2v) is 19.9. The molecule has 4 saturated carbocycles. The van der Waals surface area contributed by atoms with Crippen molar-refractivity contribution in [2.75, 3.05) is 0 Å². The Kier molecular flexibility index (Phi) is 10.8. The van der Waals surface area contributed by atoms with Gasteiger partial charge < -0.3 is 53.6 Å². The number of cyclic esters (lactones) is 1. The van der Waals surface area contributed by atoms with Gasteiger partial charge in [0.2, 0.25) is 0 Å². The van der Waals surface area contributed by atoms with E-state index in [9.17, 15) is 25.2 Å². The fourth-order valence-corrected chi connectivity index (χ4v) is 13.5. The SMILES string of the molecule is CC1O[C@@H](O[C@H]2CC[C@@]3(C)[C@H](CC[C@@H]4[C@@H]3C[C@@H](O)[C@]3(C)[C@@H](C5=CC(=O)OC5=Cc5ccccc5O)CC[C@]43O)C2)C[C@@H](O)C1O[C@H]1C[C@H]2OC(c3ccccc3)OC2C(C)O1. The van der Waals surface area contributed by atoms with Crippen LogP contribution in [0.15, 0.2) is 72.0 Å². The number of allylic oxidation sites excluding steroid dienone is 1. The molecule has 0 spiro atoms. The number of fused-ring (bicyclic) bond motifs is 6. The predicted octanol–water partition coefficient (Wildman–Crippen LogP) is 6.84. The molecule has 4 heterocycles. The number of esters is 1. The molecule has 7 fully saturated rings. The number of hydrogen-bond donors (Lipinski definition) is 4. The molecule has 2 aromatic carbocycles. The first-order valence-electron chi connectivity index (χ1n) is 22.7. The zero-order valence-electron chi connectivity index (χ0n) is 35.6. The number of phenols is 1. The van der Waals surface area contributed by atoms with Gasteiger partial charge in [0.05, 0.1) is 42.2 Å². The molecule has 3 saturated heterocycles. The van der Waals surface area contributed by atoms with Gasteiger partial charge >= 0.3 is 5.97 Å². The van der Waals surface area contributed by atoms with Crippen molar-refractivity contribution in [3.8, 4) is 5.75 Å². The summed E-state index contributed by atoms with van der Waals surface area (Å²) >= 11 is 0. The summed E-state index contributed by atoms with van der Waals surface area (Å²) in [5.41, 5.74) is 0.0841. The Morgan fingerprint density at radius 1 is 0.787 bits per heavy atom. The van der Waals surface area contributed by atoms with Crippen LogP contribution in [0.5, 0.6) is 5.75 Å². The largest absolute Gasteiger partial charge is 0.507 e. The summed E-state index contributed by atoms with van der Waals surface area (Å²) in [6, 6.07) is 16.8. The van der Waals surface area contributed by atoms with E-state index in [-0.39, 0.29) is 59.8 Å². The lowest BCUT2D eigenvalue weighted by Crippen LogP contribution is -2.67. The maximum absolute atomic E-state index is 12.9. The molecule has 12 heteroatoms. The van der Waals surface area contributed by atoms with E-state index in [1.807, 2.05) is 57.2 Å². The molecule has 61 heavy (non-hydrogen) atoms. The van der Waals surface area contributed by atoms with Crippen LogP contribution in [0, 0.1) is 34.5 Å². The summed E-state index contributed by atoms with van der Waals surface area (Å²) < 4.78 is 43.9. The van der Waals surface area contributed by atoms with E-state index in [0.29, 0.717) is 48.5 Å². The molecule has 0 amide bonds. The van der Waals surface area contributed by atoms with E-state index in [1.54, 1.807) is 24.3 Å². The first kappa shape index (κ1) is 41.8. The van der Waals surface area contributed by atoms with Gasteiger partial charge in [0.15, 0.2) is 18.9 Å². The van der Waals surface area contributed by atoms with Crippen LogP contribution in [0.4, 0.5) is 0 Å². The molecule has 0 aromatic heterocycles. The van der Waals surface area contributed by atoms with E-state index >= 15 is 0 Å². The molecule has 2 aromatic rings. The molecule has 12 nitrogen and oxygen atoms in total. The molecule has 4 aliphatic heterocycles. The Hall–Kier alpha value is -3.17. The lowest BCUT2D eigenvalue weighted by atomic mass is 9.42. The van der Waals surface area contributed by atoms with Crippen LogP contribution < -0.4 is 0 Å². The van der Waals surface area contributed by atoms with Crippen molar-refractivity contribution in [3.05, 3.63) is 83.1 Å². The van der Waals surface area contributed by atoms with Crippen molar-refractivity contribution in [2.24, 2.45) is 34.5 Å². The molecule has 4 N–H and O–H groups in total. The fourth-order valence-electron chi connectivity index (χ4n) is 13.5. The summed E-state index contributed by atoms with van der Waals surface area (Å²) in [6.45, 7) is 8.26. The molecule has 0 bridgehead atoms. The van der Waals surface area contributed by atoms with E-state index in [1.165, 1.54) is 6.08 Å². The number of aromatic hydroxyl groups is 1. The molecule has 4 aliphatic carbocycles. The smallest absolute Gasteiger partial charge is 0.336 e. The third-order valence-corrected chi connectivity index (χ3v) is 16.8. The fraction of sp³-hybridized carbons (Fsp3) is 0.653. The maximum atomic E-state index is 12.9. The minimum Gasteiger partial charge on any atom is -0.507 e. The average Bonchev–Trinajstić information content (AvgIpc) is 3.91. The van der Waals surface area contributed by atoms with Crippen molar-refractivity contribution in [1.82, 2.24) is 0 Å². The van der Waals surface area contributed by atoms with Gasteiger partial charge in [-0.2, -0.15) is 0 Å². The Labute approximate surface area is 358 Å². The van der Waals surface area contributed by atoms with Gasteiger partial charge in [0, 0.05) is 41.0 Å². The summed E-state index contributed by atoms with van der Waals surface area (Å²) in [5, 5.41) is 47.1. The second-order valence-electron chi connectivity index (χ2n) is 19.9. The van der Waals surface area contributed by atoms with E-state index in [2.05, 4.69) is 6.92 Å². The van der Waals surface area contributed by atoms with Gasteiger partial charge in [0.25, 0.3) is 0 Å². The topological polar surface area (TPSA) is 163 Å². The third-order valence-electron chi connectivity index (χ3n) is 16.8. The van der Waals surface area contributed by atoms with E-state index < -0.39 is 60.3 Å². The van der Waals surface area contributed by atoms with Crippen molar-refractivity contribution < 1.29 is 58.4 Å². The quantitative estimate of drug-likeness (QED) is 0.170.